The Bertz CT molecular complexity index is 474. The van der Waals surface area contributed by atoms with Gasteiger partial charge in [-0.1, -0.05) is 29.8 Å². The van der Waals surface area contributed by atoms with E-state index < -0.39 is 11.7 Å². The van der Waals surface area contributed by atoms with E-state index in [1.165, 1.54) is 0 Å². The number of benzene rings is 1. The molecule has 0 radical (unpaired) electrons. The van der Waals surface area contributed by atoms with Crippen molar-refractivity contribution in [1.29, 1.82) is 0 Å². The molecular formula is C16H23NO4. The lowest BCUT2D eigenvalue weighted by Gasteiger charge is -2.19. The molecule has 0 spiro atoms. The molecule has 0 atom stereocenters. The molecule has 0 aliphatic heterocycles. The van der Waals surface area contributed by atoms with E-state index in [0.29, 0.717) is 0 Å². The summed E-state index contributed by atoms with van der Waals surface area (Å²) in [6.07, 6.45) is -0.417. The fraction of sp³-hybridized carbons (Fsp3) is 0.500. The van der Waals surface area contributed by atoms with Gasteiger partial charge in [-0.15, -0.1) is 0 Å². The van der Waals surface area contributed by atoms with Crippen LogP contribution in [-0.4, -0.2) is 24.2 Å². The third kappa shape index (κ3) is 7.97. The summed E-state index contributed by atoms with van der Waals surface area (Å²) < 4.78 is 10.2. The van der Waals surface area contributed by atoms with Crippen LogP contribution in [0.3, 0.4) is 0 Å². The lowest BCUT2D eigenvalue weighted by atomic mass is 10.2. The van der Waals surface area contributed by atoms with Gasteiger partial charge in [-0.05, 0) is 33.3 Å². The summed E-state index contributed by atoms with van der Waals surface area (Å²) in [5.41, 5.74) is 1.55. The molecule has 0 saturated heterocycles. The first kappa shape index (κ1) is 17.0. The second kappa shape index (κ2) is 7.67. The number of rotatable bonds is 5. The number of nitrogens with one attached hydrogen (secondary N) is 1. The first-order valence-electron chi connectivity index (χ1n) is 6.94. The van der Waals surface area contributed by atoms with Gasteiger partial charge in [0, 0.05) is 6.54 Å². The summed E-state index contributed by atoms with van der Waals surface area (Å²) in [6, 6.07) is 7.77. The van der Waals surface area contributed by atoms with Crippen molar-refractivity contribution < 1.29 is 19.1 Å². The van der Waals surface area contributed by atoms with Crippen molar-refractivity contribution in [3.05, 3.63) is 35.4 Å². The van der Waals surface area contributed by atoms with Gasteiger partial charge in [0.1, 0.15) is 12.2 Å². The van der Waals surface area contributed by atoms with Gasteiger partial charge in [-0.2, -0.15) is 0 Å². The third-order valence-corrected chi connectivity index (χ3v) is 2.52. The van der Waals surface area contributed by atoms with Crippen molar-refractivity contribution in [3.63, 3.8) is 0 Å². The van der Waals surface area contributed by atoms with Gasteiger partial charge in [0.05, 0.1) is 6.42 Å². The summed E-state index contributed by atoms with van der Waals surface area (Å²) >= 11 is 0. The van der Waals surface area contributed by atoms with E-state index in [2.05, 4.69) is 5.32 Å². The Morgan fingerprint density at radius 3 is 2.33 bits per heavy atom. The van der Waals surface area contributed by atoms with Crippen LogP contribution in [0.15, 0.2) is 24.3 Å². The van der Waals surface area contributed by atoms with Crippen LogP contribution in [0.4, 0.5) is 4.79 Å². The average molecular weight is 293 g/mol. The molecule has 1 aromatic rings. The molecule has 0 bridgehead atoms. The maximum absolute atomic E-state index is 11.5. The molecule has 1 N–H and O–H groups in total. The zero-order valence-electron chi connectivity index (χ0n) is 13.1. The van der Waals surface area contributed by atoms with Crippen LogP contribution < -0.4 is 5.32 Å². The summed E-state index contributed by atoms with van der Waals surface area (Å²) in [4.78, 5) is 22.9. The molecule has 1 rings (SSSR count). The Morgan fingerprint density at radius 2 is 1.76 bits per heavy atom. The molecule has 116 valence electrons. The van der Waals surface area contributed by atoms with Crippen molar-refractivity contribution >= 4 is 12.1 Å². The second-order valence-electron chi connectivity index (χ2n) is 5.82. The highest BCUT2D eigenvalue weighted by Gasteiger charge is 2.15. The molecule has 0 aromatic heterocycles. The van der Waals surface area contributed by atoms with Crippen molar-refractivity contribution in [2.75, 3.05) is 6.54 Å². The van der Waals surface area contributed by atoms with Gasteiger partial charge in [0.25, 0.3) is 0 Å². The fourth-order valence-electron chi connectivity index (χ4n) is 1.50. The van der Waals surface area contributed by atoms with E-state index in [-0.39, 0.29) is 25.5 Å². The number of carbonyl (C=O) groups excluding carboxylic acids is 2. The molecular weight excluding hydrogens is 270 g/mol. The molecule has 0 aliphatic rings. The number of amides is 1. The Balaban J connectivity index is 2.19. The van der Waals surface area contributed by atoms with Gasteiger partial charge >= 0.3 is 12.1 Å². The summed E-state index contributed by atoms with van der Waals surface area (Å²) in [7, 11) is 0. The Kier molecular flexibility index (Phi) is 6.21. The Labute approximate surface area is 125 Å². The Morgan fingerprint density at radius 1 is 1.14 bits per heavy atom. The molecule has 0 saturated carbocycles. The van der Waals surface area contributed by atoms with Crippen molar-refractivity contribution in [2.45, 2.75) is 46.3 Å². The SMILES string of the molecule is Cc1ccc(COC(=O)CCNC(=O)OC(C)(C)C)cc1. The number of aryl methyl sites for hydroxylation is 1. The van der Waals surface area contributed by atoms with Crippen LogP contribution in [0.5, 0.6) is 0 Å². The second-order valence-corrected chi connectivity index (χ2v) is 5.82. The summed E-state index contributed by atoms with van der Waals surface area (Å²) in [6.45, 7) is 7.78. The molecule has 1 aromatic carbocycles. The van der Waals surface area contributed by atoms with Crippen LogP contribution >= 0.6 is 0 Å². The lowest BCUT2D eigenvalue weighted by molar-refractivity contribution is -0.144. The van der Waals surface area contributed by atoms with E-state index in [4.69, 9.17) is 9.47 Å². The summed E-state index contributed by atoms with van der Waals surface area (Å²) in [5.74, 6) is -0.355. The number of carbonyl (C=O) groups is 2. The highest BCUT2D eigenvalue weighted by atomic mass is 16.6. The van der Waals surface area contributed by atoms with E-state index in [0.717, 1.165) is 11.1 Å². The zero-order valence-corrected chi connectivity index (χ0v) is 13.1. The van der Waals surface area contributed by atoms with Crippen LogP contribution in [0.25, 0.3) is 0 Å². The molecule has 5 nitrogen and oxygen atoms in total. The number of hydrogen-bond acceptors (Lipinski definition) is 4. The van der Waals surface area contributed by atoms with Crippen LogP contribution in [0.1, 0.15) is 38.3 Å². The zero-order chi connectivity index (χ0) is 15.9. The smallest absolute Gasteiger partial charge is 0.407 e. The van der Waals surface area contributed by atoms with E-state index in [1.807, 2.05) is 31.2 Å². The molecule has 0 fully saturated rings. The molecule has 0 heterocycles. The lowest BCUT2D eigenvalue weighted by Crippen LogP contribution is -2.33. The molecule has 0 aliphatic carbocycles. The highest BCUT2D eigenvalue weighted by molar-refractivity contribution is 5.72. The standard InChI is InChI=1S/C16H23NO4/c1-12-5-7-13(8-6-12)11-20-14(18)9-10-17-15(19)21-16(2,3)4/h5-8H,9-11H2,1-4H3,(H,17,19). The topological polar surface area (TPSA) is 64.6 Å². The maximum Gasteiger partial charge on any atom is 0.407 e. The number of hydrogen-bond donors (Lipinski definition) is 1. The van der Waals surface area contributed by atoms with E-state index >= 15 is 0 Å². The molecule has 21 heavy (non-hydrogen) atoms. The van der Waals surface area contributed by atoms with Crippen molar-refractivity contribution in [1.82, 2.24) is 5.32 Å². The minimum atomic E-state index is -0.546. The van der Waals surface area contributed by atoms with Crippen molar-refractivity contribution in [3.8, 4) is 0 Å². The van der Waals surface area contributed by atoms with Crippen molar-refractivity contribution in [2.24, 2.45) is 0 Å². The molecule has 0 unspecified atom stereocenters. The van der Waals surface area contributed by atoms with Gasteiger partial charge in [0.2, 0.25) is 0 Å². The average Bonchev–Trinajstić information content (AvgIpc) is 2.36. The molecule has 1 amide bonds. The quantitative estimate of drug-likeness (QED) is 0.848. The van der Waals surface area contributed by atoms with Crippen LogP contribution in [-0.2, 0) is 20.9 Å². The van der Waals surface area contributed by atoms with Gasteiger partial charge in [-0.3, -0.25) is 4.79 Å². The van der Waals surface area contributed by atoms with Gasteiger partial charge in [-0.25, -0.2) is 4.79 Å². The third-order valence-electron chi connectivity index (χ3n) is 2.52. The number of alkyl carbamates (subject to hydrolysis) is 1. The molecule has 5 heteroatoms. The Hall–Kier alpha value is -2.04. The minimum Gasteiger partial charge on any atom is -0.461 e. The number of esters is 1. The van der Waals surface area contributed by atoms with E-state index in [9.17, 15) is 9.59 Å². The van der Waals surface area contributed by atoms with Gasteiger partial charge in [0.15, 0.2) is 0 Å². The highest BCUT2D eigenvalue weighted by Crippen LogP contribution is 2.07. The largest absolute Gasteiger partial charge is 0.461 e. The predicted molar refractivity (Wildman–Crippen MR) is 79.8 cm³/mol. The first-order valence-corrected chi connectivity index (χ1v) is 6.94. The van der Waals surface area contributed by atoms with E-state index in [1.54, 1.807) is 20.8 Å². The maximum atomic E-state index is 11.5. The first-order chi connectivity index (χ1) is 9.76. The summed E-state index contributed by atoms with van der Waals surface area (Å²) in [5, 5.41) is 2.51. The number of ether oxygens (including phenoxy) is 2. The monoisotopic (exact) mass is 293 g/mol. The fourth-order valence-corrected chi connectivity index (χ4v) is 1.50. The normalized spacial score (nSPS) is 10.9. The predicted octanol–water partition coefficient (Wildman–Crippen LogP) is 2.95. The van der Waals surface area contributed by atoms with Crippen LogP contribution in [0.2, 0.25) is 0 Å². The van der Waals surface area contributed by atoms with Gasteiger partial charge < -0.3 is 14.8 Å². The minimum absolute atomic E-state index is 0.116. The van der Waals surface area contributed by atoms with Crippen LogP contribution in [0, 0.1) is 6.92 Å².